The highest BCUT2D eigenvalue weighted by atomic mass is 19.1. The summed E-state index contributed by atoms with van der Waals surface area (Å²) in [6.45, 7) is -0.118. The van der Waals surface area contributed by atoms with Gasteiger partial charge in [0.25, 0.3) is 0 Å². The van der Waals surface area contributed by atoms with Crippen molar-refractivity contribution in [2.24, 2.45) is 0 Å². The molecule has 1 heterocycles. The lowest BCUT2D eigenvalue weighted by Gasteiger charge is -2.05. The van der Waals surface area contributed by atoms with E-state index in [4.69, 9.17) is 14.4 Å². The molecule has 3 rings (SSSR count). The number of aromatic nitrogens is 2. The molecule has 1 aromatic heterocycles. The highest BCUT2D eigenvalue weighted by Gasteiger charge is 2.29. The number of ether oxygens (including phenoxy) is 1. The zero-order chi connectivity index (χ0) is 13.2. The van der Waals surface area contributed by atoms with Crippen LogP contribution in [0.2, 0.25) is 0 Å². The van der Waals surface area contributed by atoms with E-state index in [1.54, 1.807) is 6.07 Å². The number of nitrogens with zero attached hydrogens (tertiary/aromatic N) is 2. The largest absolute Gasteiger partial charge is 0.485 e. The maximum absolute atomic E-state index is 13.2. The SMILES string of the molecule is OCc1cc(F)cc(OCc2noc(C3CC3)n2)c1. The Labute approximate surface area is 109 Å². The van der Waals surface area contributed by atoms with Gasteiger partial charge in [-0.1, -0.05) is 5.16 Å². The first-order valence-electron chi connectivity index (χ1n) is 6.10. The molecule has 1 aliphatic rings. The average Bonchev–Trinajstić information content (AvgIpc) is 3.15. The van der Waals surface area contributed by atoms with Crippen LogP contribution in [0, 0.1) is 5.82 Å². The Hall–Kier alpha value is -1.95. The summed E-state index contributed by atoms with van der Waals surface area (Å²) in [5.74, 6) is 1.37. The van der Waals surface area contributed by atoms with Crippen LogP contribution in [0.5, 0.6) is 5.75 Å². The molecule has 1 aliphatic carbocycles. The summed E-state index contributed by atoms with van der Waals surface area (Å²) in [4.78, 5) is 4.21. The molecule has 0 amide bonds. The number of aliphatic hydroxyl groups excluding tert-OH is 1. The molecule has 0 aliphatic heterocycles. The van der Waals surface area contributed by atoms with Crippen LogP contribution in [-0.4, -0.2) is 15.2 Å². The van der Waals surface area contributed by atoms with Crippen LogP contribution in [0.4, 0.5) is 4.39 Å². The predicted molar refractivity (Wildman–Crippen MR) is 62.9 cm³/mol. The third-order valence-electron chi connectivity index (χ3n) is 2.89. The van der Waals surface area contributed by atoms with Crippen molar-refractivity contribution >= 4 is 0 Å². The predicted octanol–water partition coefficient (Wildman–Crippen LogP) is 2.16. The molecule has 1 fully saturated rings. The Balaban J connectivity index is 1.65. The standard InChI is InChI=1S/C13H13FN2O3/c14-10-3-8(6-17)4-11(5-10)18-7-12-15-13(19-16-12)9-1-2-9/h3-5,9,17H,1-2,6-7H2. The van der Waals surface area contributed by atoms with Crippen molar-refractivity contribution in [3.05, 3.63) is 41.3 Å². The Morgan fingerprint density at radius 3 is 2.95 bits per heavy atom. The summed E-state index contributed by atoms with van der Waals surface area (Å²) in [5.41, 5.74) is 0.460. The molecular formula is C13H13FN2O3. The van der Waals surface area contributed by atoms with E-state index in [0.29, 0.717) is 28.9 Å². The van der Waals surface area contributed by atoms with E-state index in [1.807, 2.05) is 0 Å². The average molecular weight is 264 g/mol. The van der Waals surface area contributed by atoms with Crippen molar-refractivity contribution < 1.29 is 18.8 Å². The molecule has 0 radical (unpaired) electrons. The van der Waals surface area contributed by atoms with Crippen LogP contribution < -0.4 is 4.74 Å². The zero-order valence-electron chi connectivity index (χ0n) is 10.2. The van der Waals surface area contributed by atoms with Gasteiger partial charge < -0.3 is 14.4 Å². The first kappa shape index (κ1) is 12.1. The maximum atomic E-state index is 13.2. The van der Waals surface area contributed by atoms with Crippen molar-refractivity contribution in [2.45, 2.75) is 32.0 Å². The number of hydrogen-bond donors (Lipinski definition) is 1. The van der Waals surface area contributed by atoms with Gasteiger partial charge in [-0.3, -0.25) is 0 Å². The van der Waals surface area contributed by atoms with Gasteiger partial charge in [-0.25, -0.2) is 4.39 Å². The molecule has 2 aromatic rings. The quantitative estimate of drug-likeness (QED) is 0.896. The molecule has 5 nitrogen and oxygen atoms in total. The van der Waals surface area contributed by atoms with Gasteiger partial charge in [0.1, 0.15) is 11.6 Å². The Bertz CT molecular complexity index is 581. The Kier molecular flexibility index (Phi) is 3.16. The van der Waals surface area contributed by atoms with Gasteiger partial charge in [-0.15, -0.1) is 0 Å². The van der Waals surface area contributed by atoms with Gasteiger partial charge in [0.05, 0.1) is 6.61 Å². The number of benzene rings is 1. The molecular weight excluding hydrogens is 251 g/mol. The third-order valence-corrected chi connectivity index (χ3v) is 2.89. The van der Waals surface area contributed by atoms with Crippen molar-refractivity contribution in [3.63, 3.8) is 0 Å². The van der Waals surface area contributed by atoms with Crippen molar-refractivity contribution in [3.8, 4) is 5.75 Å². The van der Waals surface area contributed by atoms with E-state index in [0.717, 1.165) is 12.8 Å². The highest BCUT2D eigenvalue weighted by Crippen LogP contribution is 2.38. The number of aliphatic hydroxyl groups is 1. The van der Waals surface area contributed by atoms with E-state index in [1.165, 1.54) is 12.1 Å². The van der Waals surface area contributed by atoms with E-state index < -0.39 is 5.82 Å². The summed E-state index contributed by atoms with van der Waals surface area (Å²) in [5, 5.41) is 12.8. The normalized spacial score (nSPS) is 14.6. The smallest absolute Gasteiger partial charge is 0.229 e. The van der Waals surface area contributed by atoms with E-state index in [2.05, 4.69) is 10.1 Å². The molecule has 1 N–H and O–H groups in total. The van der Waals surface area contributed by atoms with Crippen LogP contribution in [0.25, 0.3) is 0 Å². The molecule has 0 saturated heterocycles. The molecule has 0 unspecified atom stereocenters. The van der Waals surface area contributed by atoms with Gasteiger partial charge in [-0.05, 0) is 30.5 Å². The zero-order valence-corrected chi connectivity index (χ0v) is 10.2. The first-order chi connectivity index (χ1) is 9.24. The van der Waals surface area contributed by atoms with Crippen LogP contribution >= 0.6 is 0 Å². The van der Waals surface area contributed by atoms with E-state index in [-0.39, 0.29) is 13.2 Å². The van der Waals surface area contributed by atoms with Crippen molar-refractivity contribution in [2.75, 3.05) is 0 Å². The van der Waals surface area contributed by atoms with Crippen LogP contribution in [0.3, 0.4) is 0 Å². The number of hydrogen-bond acceptors (Lipinski definition) is 5. The van der Waals surface area contributed by atoms with Gasteiger partial charge in [0, 0.05) is 12.0 Å². The van der Waals surface area contributed by atoms with E-state index >= 15 is 0 Å². The summed E-state index contributed by atoms with van der Waals surface area (Å²) in [6, 6.07) is 4.08. The Morgan fingerprint density at radius 1 is 1.37 bits per heavy atom. The molecule has 1 aromatic carbocycles. The van der Waals surface area contributed by atoms with Gasteiger partial charge in [0.15, 0.2) is 6.61 Å². The minimum Gasteiger partial charge on any atom is -0.485 e. The number of rotatable bonds is 5. The summed E-state index contributed by atoms with van der Waals surface area (Å²) in [6.07, 6.45) is 2.18. The van der Waals surface area contributed by atoms with Gasteiger partial charge in [0.2, 0.25) is 11.7 Å². The summed E-state index contributed by atoms with van der Waals surface area (Å²) < 4.78 is 23.7. The lowest BCUT2D eigenvalue weighted by atomic mass is 10.2. The second kappa shape index (κ2) is 4.97. The fourth-order valence-corrected chi connectivity index (χ4v) is 1.77. The molecule has 0 bridgehead atoms. The lowest BCUT2D eigenvalue weighted by Crippen LogP contribution is -1.99. The fourth-order valence-electron chi connectivity index (χ4n) is 1.77. The van der Waals surface area contributed by atoms with E-state index in [9.17, 15) is 4.39 Å². The maximum Gasteiger partial charge on any atom is 0.229 e. The molecule has 1 saturated carbocycles. The van der Waals surface area contributed by atoms with Crippen LogP contribution in [0.15, 0.2) is 22.7 Å². The van der Waals surface area contributed by atoms with Crippen molar-refractivity contribution in [1.29, 1.82) is 0 Å². The third kappa shape index (κ3) is 2.90. The monoisotopic (exact) mass is 264 g/mol. The summed E-state index contributed by atoms with van der Waals surface area (Å²) >= 11 is 0. The fraction of sp³-hybridized carbons (Fsp3) is 0.385. The topological polar surface area (TPSA) is 68.4 Å². The van der Waals surface area contributed by atoms with Crippen LogP contribution in [-0.2, 0) is 13.2 Å². The molecule has 6 heteroatoms. The minimum absolute atomic E-state index is 0.116. The second-order valence-electron chi connectivity index (χ2n) is 4.57. The Morgan fingerprint density at radius 2 is 2.21 bits per heavy atom. The van der Waals surface area contributed by atoms with Crippen LogP contribution in [0.1, 0.15) is 36.0 Å². The minimum atomic E-state index is -0.451. The second-order valence-corrected chi connectivity index (χ2v) is 4.57. The number of halogens is 1. The highest BCUT2D eigenvalue weighted by molar-refractivity contribution is 5.29. The molecule has 100 valence electrons. The lowest BCUT2D eigenvalue weighted by molar-refractivity contribution is 0.272. The van der Waals surface area contributed by atoms with Crippen molar-refractivity contribution in [1.82, 2.24) is 10.1 Å². The molecule has 0 atom stereocenters. The molecule has 0 spiro atoms. The summed E-state index contributed by atoms with van der Waals surface area (Å²) in [7, 11) is 0. The first-order valence-corrected chi connectivity index (χ1v) is 6.10. The van der Waals surface area contributed by atoms with Gasteiger partial charge in [-0.2, -0.15) is 4.98 Å². The molecule has 19 heavy (non-hydrogen) atoms. The van der Waals surface area contributed by atoms with Gasteiger partial charge >= 0.3 is 0 Å².